The summed E-state index contributed by atoms with van der Waals surface area (Å²) < 4.78 is 6.31. The second kappa shape index (κ2) is 7.50. The molecule has 0 saturated carbocycles. The van der Waals surface area contributed by atoms with Gasteiger partial charge in [-0.15, -0.1) is 11.8 Å². The van der Waals surface area contributed by atoms with Crippen molar-refractivity contribution in [2.24, 2.45) is 0 Å². The van der Waals surface area contributed by atoms with Gasteiger partial charge in [0.05, 0.1) is 17.5 Å². The maximum Gasteiger partial charge on any atom is 0.226 e. The molecule has 1 aromatic heterocycles. The summed E-state index contributed by atoms with van der Waals surface area (Å²) in [7, 11) is 0. The first-order valence-electron chi connectivity index (χ1n) is 9.33. The summed E-state index contributed by atoms with van der Waals surface area (Å²) in [6.45, 7) is 2.43. The van der Waals surface area contributed by atoms with Crippen LogP contribution in [0.1, 0.15) is 44.1 Å². The molecule has 0 radical (unpaired) electrons. The van der Waals surface area contributed by atoms with Gasteiger partial charge in [0.25, 0.3) is 0 Å². The van der Waals surface area contributed by atoms with Crippen molar-refractivity contribution >= 4 is 17.7 Å². The maximum absolute atomic E-state index is 12.5. The lowest BCUT2D eigenvalue weighted by molar-refractivity contribution is -0.136. The predicted molar refractivity (Wildman–Crippen MR) is 100 cm³/mol. The molecule has 0 N–H and O–H groups in total. The summed E-state index contributed by atoms with van der Waals surface area (Å²) in [6.07, 6.45) is 12.7. The van der Waals surface area contributed by atoms with Gasteiger partial charge in [0, 0.05) is 37.7 Å². The molecule has 1 atom stereocenters. The number of likely N-dealkylation sites (tertiary alicyclic amines) is 1. The molecule has 1 spiro atoms. The van der Waals surface area contributed by atoms with E-state index in [4.69, 9.17) is 4.74 Å². The Kier molecular flexibility index (Phi) is 5.13. The van der Waals surface area contributed by atoms with Gasteiger partial charge in [-0.3, -0.25) is 9.78 Å². The normalized spacial score (nSPS) is 24.9. The molecule has 0 unspecified atom stereocenters. The SMILES string of the molecule is O=C(CC1=CCCCC1)N1CC2(C[C@@H](OCc3cccnc3)CS2)C1. The van der Waals surface area contributed by atoms with Gasteiger partial charge in [0.1, 0.15) is 0 Å². The number of rotatable bonds is 5. The number of hydrogen-bond donors (Lipinski definition) is 0. The Morgan fingerprint density at radius 1 is 1.40 bits per heavy atom. The van der Waals surface area contributed by atoms with Gasteiger partial charge in [0.15, 0.2) is 0 Å². The number of nitrogens with zero attached hydrogens (tertiary/aromatic N) is 2. The van der Waals surface area contributed by atoms with Crippen LogP contribution >= 0.6 is 11.8 Å². The van der Waals surface area contributed by atoms with Crippen LogP contribution in [0, 0.1) is 0 Å². The van der Waals surface area contributed by atoms with Crippen molar-refractivity contribution in [3.05, 3.63) is 41.7 Å². The van der Waals surface area contributed by atoms with Gasteiger partial charge in [-0.05, 0) is 43.7 Å². The molecule has 4 rings (SSSR count). The average Bonchev–Trinajstić information content (AvgIpc) is 3.05. The largest absolute Gasteiger partial charge is 0.373 e. The molecule has 1 amide bonds. The van der Waals surface area contributed by atoms with Crippen molar-refractivity contribution in [1.29, 1.82) is 0 Å². The van der Waals surface area contributed by atoms with Crippen molar-refractivity contribution in [3.63, 3.8) is 0 Å². The fourth-order valence-electron chi connectivity index (χ4n) is 4.02. The molecule has 5 heteroatoms. The number of pyridine rings is 1. The van der Waals surface area contributed by atoms with Crippen molar-refractivity contribution < 1.29 is 9.53 Å². The molecule has 1 aromatic rings. The zero-order valence-corrected chi connectivity index (χ0v) is 15.5. The highest BCUT2D eigenvalue weighted by Gasteiger charge is 2.50. The number of aromatic nitrogens is 1. The van der Waals surface area contributed by atoms with Gasteiger partial charge in [-0.2, -0.15) is 0 Å². The highest BCUT2D eigenvalue weighted by atomic mass is 32.2. The van der Waals surface area contributed by atoms with Crippen LogP contribution in [0.2, 0.25) is 0 Å². The Morgan fingerprint density at radius 2 is 2.32 bits per heavy atom. The standard InChI is InChI=1S/C20H26N2O2S/c23-19(9-16-5-2-1-3-6-16)22-14-20(15-22)10-18(13-25-20)24-12-17-7-4-8-21-11-17/h4-5,7-8,11,18H,1-3,6,9-10,12-15H2/t18-/m1/s1. The second-order valence-electron chi connectivity index (χ2n) is 7.53. The Balaban J connectivity index is 1.21. The quantitative estimate of drug-likeness (QED) is 0.755. The number of ether oxygens (including phenoxy) is 1. The van der Waals surface area contributed by atoms with Crippen molar-refractivity contribution in [2.75, 3.05) is 18.8 Å². The first kappa shape index (κ1) is 17.1. The lowest BCUT2D eigenvalue weighted by Crippen LogP contribution is -2.60. The van der Waals surface area contributed by atoms with E-state index >= 15 is 0 Å². The molecule has 0 aromatic carbocycles. The summed E-state index contributed by atoms with van der Waals surface area (Å²) in [4.78, 5) is 18.6. The topological polar surface area (TPSA) is 42.4 Å². The molecule has 2 aliphatic heterocycles. The number of carbonyl (C=O) groups excluding carboxylic acids is 1. The molecular formula is C20H26N2O2S. The molecule has 3 heterocycles. The minimum Gasteiger partial charge on any atom is -0.373 e. The van der Waals surface area contributed by atoms with Crippen molar-refractivity contribution in [3.8, 4) is 0 Å². The minimum atomic E-state index is 0.246. The summed E-state index contributed by atoms with van der Waals surface area (Å²) in [5.74, 6) is 1.35. The maximum atomic E-state index is 12.5. The van der Waals surface area contributed by atoms with Crippen LogP contribution in [-0.4, -0.2) is 45.5 Å². The van der Waals surface area contributed by atoms with Gasteiger partial charge < -0.3 is 9.64 Å². The molecule has 25 heavy (non-hydrogen) atoms. The predicted octanol–water partition coefficient (Wildman–Crippen LogP) is 3.58. The van der Waals surface area contributed by atoms with E-state index in [9.17, 15) is 4.79 Å². The van der Waals surface area contributed by atoms with Crippen LogP contribution in [0.4, 0.5) is 0 Å². The van der Waals surface area contributed by atoms with Crippen LogP contribution in [0.15, 0.2) is 36.2 Å². The fourth-order valence-corrected chi connectivity index (χ4v) is 5.58. The molecule has 2 saturated heterocycles. The van der Waals surface area contributed by atoms with Gasteiger partial charge in [-0.25, -0.2) is 0 Å². The Labute approximate surface area is 154 Å². The van der Waals surface area contributed by atoms with Crippen LogP contribution in [0.3, 0.4) is 0 Å². The third-order valence-corrected chi connectivity index (χ3v) is 7.03. The lowest BCUT2D eigenvalue weighted by atomic mass is 9.91. The van der Waals surface area contributed by atoms with Gasteiger partial charge in [-0.1, -0.05) is 17.7 Å². The zero-order chi connectivity index (χ0) is 17.1. The third-order valence-electron chi connectivity index (χ3n) is 5.46. The van der Waals surface area contributed by atoms with Crippen LogP contribution in [0.5, 0.6) is 0 Å². The highest BCUT2D eigenvalue weighted by molar-refractivity contribution is 8.01. The van der Waals surface area contributed by atoms with E-state index < -0.39 is 0 Å². The van der Waals surface area contributed by atoms with Crippen molar-refractivity contribution in [2.45, 2.75) is 56.0 Å². The average molecular weight is 359 g/mol. The number of carbonyl (C=O) groups is 1. The zero-order valence-electron chi connectivity index (χ0n) is 14.7. The summed E-state index contributed by atoms with van der Waals surface area (Å²) in [5.41, 5.74) is 2.48. The Hall–Kier alpha value is -1.33. The van der Waals surface area contributed by atoms with Gasteiger partial charge in [0.2, 0.25) is 5.91 Å². The summed E-state index contributed by atoms with van der Waals surface area (Å²) >= 11 is 1.99. The van der Waals surface area contributed by atoms with E-state index in [0.29, 0.717) is 25.0 Å². The van der Waals surface area contributed by atoms with E-state index in [1.807, 2.05) is 28.9 Å². The molecular weight excluding hydrogens is 332 g/mol. The molecule has 134 valence electrons. The van der Waals surface area contributed by atoms with Crippen molar-refractivity contribution in [1.82, 2.24) is 9.88 Å². The summed E-state index contributed by atoms with van der Waals surface area (Å²) in [6, 6.07) is 4.00. The Morgan fingerprint density at radius 3 is 3.08 bits per heavy atom. The van der Waals surface area contributed by atoms with Crippen LogP contribution in [0.25, 0.3) is 0 Å². The fraction of sp³-hybridized carbons (Fsp3) is 0.600. The first-order valence-corrected chi connectivity index (χ1v) is 10.3. The third kappa shape index (κ3) is 4.09. The van der Waals surface area contributed by atoms with E-state index in [2.05, 4.69) is 17.1 Å². The highest BCUT2D eigenvalue weighted by Crippen LogP contribution is 2.46. The van der Waals surface area contributed by atoms with E-state index in [-0.39, 0.29) is 4.75 Å². The first-order chi connectivity index (χ1) is 12.2. The van der Waals surface area contributed by atoms with E-state index in [0.717, 1.165) is 43.7 Å². The monoisotopic (exact) mass is 358 g/mol. The number of thioether (sulfide) groups is 1. The van der Waals surface area contributed by atoms with E-state index in [1.54, 1.807) is 6.20 Å². The molecule has 4 nitrogen and oxygen atoms in total. The smallest absolute Gasteiger partial charge is 0.226 e. The molecule has 2 fully saturated rings. The second-order valence-corrected chi connectivity index (χ2v) is 9.02. The number of amides is 1. The Bertz CT molecular complexity index is 640. The number of hydrogen-bond acceptors (Lipinski definition) is 4. The van der Waals surface area contributed by atoms with Gasteiger partial charge >= 0.3 is 0 Å². The molecule has 1 aliphatic carbocycles. The lowest BCUT2D eigenvalue weighted by Gasteiger charge is -2.47. The van der Waals surface area contributed by atoms with Crippen LogP contribution in [-0.2, 0) is 16.1 Å². The minimum absolute atomic E-state index is 0.246. The molecule has 0 bridgehead atoms. The summed E-state index contributed by atoms with van der Waals surface area (Å²) in [5, 5.41) is 0. The molecule has 3 aliphatic rings. The number of allylic oxidation sites excluding steroid dienone is 1. The van der Waals surface area contributed by atoms with E-state index in [1.165, 1.54) is 18.4 Å². The van der Waals surface area contributed by atoms with Crippen LogP contribution < -0.4 is 0 Å².